The molecule has 0 aliphatic heterocycles. The van der Waals surface area contributed by atoms with Gasteiger partial charge in [0.1, 0.15) is 5.75 Å². The highest BCUT2D eigenvalue weighted by Crippen LogP contribution is 2.20. The summed E-state index contributed by atoms with van der Waals surface area (Å²) in [6, 6.07) is 7.85. The number of hydrogen-bond acceptors (Lipinski definition) is 4. The van der Waals surface area contributed by atoms with Crippen LogP contribution in [-0.2, 0) is 6.61 Å². The highest BCUT2D eigenvalue weighted by Gasteiger charge is 2.04. The summed E-state index contributed by atoms with van der Waals surface area (Å²) >= 11 is 0. The van der Waals surface area contributed by atoms with E-state index in [1.54, 1.807) is 6.92 Å². The van der Waals surface area contributed by atoms with Gasteiger partial charge in [0.05, 0.1) is 0 Å². The number of aromatic amines is 1. The van der Waals surface area contributed by atoms with Crippen molar-refractivity contribution >= 4 is 10.9 Å². The molecule has 0 fully saturated rings. The van der Waals surface area contributed by atoms with E-state index in [-0.39, 0.29) is 6.61 Å². The molecule has 5 nitrogen and oxygen atoms in total. The van der Waals surface area contributed by atoms with Crippen LogP contribution in [0.1, 0.15) is 11.8 Å². The Morgan fingerprint density at radius 2 is 2.24 bits per heavy atom. The number of fused-ring (bicyclic) bond motifs is 1. The van der Waals surface area contributed by atoms with Crippen LogP contribution in [0.15, 0.2) is 34.9 Å². The third kappa shape index (κ3) is 1.99. The summed E-state index contributed by atoms with van der Waals surface area (Å²) in [5.74, 6) is 1.81. The Labute approximate surface area is 97.4 Å². The number of benzene rings is 1. The number of aryl methyl sites for hydroxylation is 1. The average Bonchev–Trinajstić information content (AvgIpc) is 2.94. The summed E-state index contributed by atoms with van der Waals surface area (Å²) in [6.07, 6.45) is 1.90. The highest BCUT2D eigenvalue weighted by atomic mass is 16.5. The van der Waals surface area contributed by atoms with Crippen LogP contribution < -0.4 is 4.74 Å². The first-order valence-electron chi connectivity index (χ1n) is 5.30. The van der Waals surface area contributed by atoms with E-state index >= 15 is 0 Å². The maximum Gasteiger partial charge on any atom is 0.253 e. The largest absolute Gasteiger partial charge is 0.484 e. The summed E-state index contributed by atoms with van der Waals surface area (Å²) in [4.78, 5) is 3.13. The Kier molecular flexibility index (Phi) is 2.29. The van der Waals surface area contributed by atoms with Crippen LogP contribution in [0, 0.1) is 6.92 Å². The third-order valence-electron chi connectivity index (χ3n) is 2.45. The number of hydrogen-bond donors (Lipinski definition) is 1. The third-order valence-corrected chi connectivity index (χ3v) is 2.45. The van der Waals surface area contributed by atoms with Gasteiger partial charge in [0.25, 0.3) is 5.89 Å². The van der Waals surface area contributed by atoms with E-state index in [1.165, 1.54) is 0 Å². The van der Waals surface area contributed by atoms with Gasteiger partial charge in [-0.1, -0.05) is 0 Å². The predicted molar refractivity (Wildman–Crippen MR) is 61.7 cm³/mol. The topological polar surface area (TPSA) is 63.9 Å². The number of ether oxygens (including phenoxy) is 1. The lowest BCUT2D eigenvalue weighted by Gasteiger charge is -2.02. The van der Waals surface area contributed by atoms with Gasteiger partial charge in [0, 0.05) is 24.0 Å². The van der Waals surface area contributed by atoms with E-state index in [4.69, 9.17) is 9.15 Å². The van der Waals surface area contributed by atoms with Crippen LogP contribution in [0.5, 0.6) is 5.75 Å². The summed E-state index contributed by atoms with van der Waals surface area (Å²) in [6.45, 7) is 2.04. The first-order valence-corrected chi connectivity index (χ1v) is 5.30. The molecule has 0 aliphatic rings. The molecule has 0 saturated heterocycles. The Balaban J connectivity index is 1.76. The molecule has 0 radical (unpaired) electrons. The second-order valence-electron chi connectivity index (χ2n) is 3.73. The molecule has 2 heterocycles. The van der Waals surface area contributed by atoms with Gasteiger partial charge >= 0.3 is 0 Å². The van der Waals surface area contributed by atoms with E-state index < -0.39 is 0 Å². The molecule has 17 heavy (non-hydrogen) atoms. The second-order valence-corrected chi connectivity index (χ2v) is 3.73. The molecule has 1 N–H and O–H groups in total. The molecule has 3 aromatic rings. The molecule has 0 unspecified atom stereocenters. The van der Waals surface area contributed by atoms with Gasteiger partial charge in [-0.3, -0.25) is 0 Å². The summed E-state index contributed by atoms with van der Waals surface area (Å²) in [5.41, 5.74) is 1.09. The average molecular weight is 229 g/mol. The van der Waals surface area contributed by atoms with Gasteiger partial charge in [-0.05, 0) is 24.3 Å². The molecule has 0 aliphatic carbocycles. The molecule has 3 rings (SSSR count). The maximum atomic E-state index is 5.57. The van der Waals surface area contributed by atoms with Crippen molar-refractivity contribution in [3.8, 4) is 5.75 Å². The SMILES string of the molecule is Cc1nnc(COc2ccc3[nH]ccc3c2)o1. The van der Waals surface area contributed by atoms with Gasteiger partial charge in [0.2, 0.25) is 5.89 Å². The minimum Gasteiger partial charge on any atom is -0.484 e. The Morgan fingerprint density at radius 1 is 1.29 bits per heavy atom. The quantitative estimate of drug-likeness (QED) is 0.749. The molecule has 2 aromatic heterocycles. The van der Waals surface area contributed by atoms with Gasteiger partial charge in [0.15, 0.2) is 6.61 Å². The summed E-state index contributed by atoms with van der Waals surface area (Å²) in [5, 5.41) is 8.72. The number of aromatic nitrogens is 3. The summed E-state index contributed by atoms with van der Waals surface area (Å²) < 4.78 is 10.8. The van der Waals surface area contributed by atoms with Crippen LogP contribution >= 0.6 is 0 Å². The van der Waals surface area contributed by atoms with Crippen LogP contribution in [0.25, 0.3) is 10.9 Å². The first-order chi connectivity index (χ1) is 8.31. The molecule has 0 spiro atoms. The fraction of sp³-hybridized carbons (Fsp3) is 0.167. The number of rotatable bonds is 3. The lowest BCUT2D eigenvalue weighted by atomic mass is 10.2. The Hall–Kier alpha value is -2.30. The standard InChI is InChI=1S/C12H11N3O2/c1-8-14-15-12(17-8)7-16-10-2-3-11-9(6-10)4-5-13-11/h2-6,13H,7H2,1H3. The van der Waals surface area contributed by atoms with Crippen molar-refractivity contribution in [1.29, 1.82) is 0 Å². The van der Waals surface area contributed by atoms with E-state index in [0.717, 1.165) is 16.7 Å². The van der Waals surface area contributed by atoms with Gasteiger partial charge in [-0.25, -0.2) is 0 Å². The van der Waals surface area contributed by atoms with E-state index in [9.17, 15) is 0 Å². The normalized spacial score (nSPS) is 10.9. The van der Waals surface area contributed by atoms with Crippen molar-refractivity contribution in [3.05, 3.63) is 42.2 Å². The van der Waals surface area contributed by atoms with Crippen LogP contribution in [0.3, 0.4) is 0 Å². The van der Waals surface area contributed by atoms with E-state index in [1.807, 2.05) is 30.5 Å². The van der Waals surface area contributed by atoms with Crippen molar-refractivity contribution in [2.45, 2.75) is 13.5 Å². The van der Waals surface area contributed by atoms with E-state index in [0.29, 0.717) is 11.8 Å². The highest BCUT2D eigenvalue weighted by molar-refractivity contribution is 5.80. The first kappa shape index (κ1) is 9.89. The molecular weight excluding hydrogens is 218 g/mol. The zero-order valence-corrected chi connectivity index (χ0v) is 9.30. The van der Waals surface area contributed by atoms with Crippen molar-refractivity contribution < 1.29 is 9.15 Å². The smallest absolute Gasteiger partial charge is 0.253 e. The van der Waals surface area contributed by atoms with Crippen LogP contribution in [0.2, 0.25) is 0 Å². The van der Waals surface area contributed by atoms with Crippen molar-refractivity contribution in [2.24, 2.45) is 0 Å². The number of nitrogens with zero attached hydrogens (tertiary/aromatic N) is 2. The summed E-state index contributed by atoms with van der Waals surface area (Å²) in [7, 11) is 0. The molecule has 0 bridgehead atoms. The van der Waals surface area contributed by atoms with Crippen molar-refractivity contribution in [2.75, 3.05) is 0 Å². The van der Waals surface area contributed by atoms with Crippen LogP contribution in [-0.4, -0.2) is 15.2 Å². The monoisotopic (exact) mass is 229 g/mol. The number of nitrogens with one attached hydrogen (secondary N) is 1. The molecule has 1 aromatic carbocycles. The molecule has 5 heteroatoms. The zero-order chi connectivity index (χ0) is 11.7. The Bertz CT molecular complexity index is 642. The fourth-order valence-electron chi connectivity index (χ4n) is 1.66. The lowest BCUT2D eigenvalue weighted by molar-refractivity contribution is 0.260. The van der Waals surface area contributed by atoms with Gasteiger partial charge in [-0.2, -0.15) is 0 Å². The molecule has 0 amide bonds. The second kappa shape index (κ2) is 3.93. The lowest BCUT2D eigenvalue weighted by Crippen LogP contribution is -1.95. The predicted octanol–water partition coefficient (Wildman–Crippen LogP) is 2.44. The zero-order valence-electron chi connectivity index (χ0n) is 9.30. The number of H-pyrrole nitrogens is 1. The van der Waals surface area contributed by atoms with E-state index in [2.05, 4.69) is 15.2 Å². The van der Waals surface area contributed by atoms with Gasteiger partial charge in [-0.15, -0.1) is 10.2 Å². The Morgan fingerprint density at radius 3 is 3.06 bits per heavy atom. The van der Waals surface area contributed by atoms with Gasteiger partial charge < -0.3 is 14.1 Å². The minimum absolute atomic E-state index is 0.288. The van der Waals surface area contributed by atoms with Crippen LogP contribution in [0.4, 0.5) is 0 Å². The van der Waals surface area contributed by atoms with Crippen molar-refractivity contribution in [3.63, 3.8) is 0 Å². The molecule has 86 valence electrons. The molecular formula is C12H11N3O2. The maximum absolute atomic E-state index is 5.57. The molecule has 0 saturated carbocycles. The fourth-order valence-corrected chi connectivity index (χ4v) is 1.66. The molecule has 0 atom stereocenters. The minimum atomic E-state index is 0.288. The van der Waals surface area contributed by atoms with Crippen molar-refractivity contribution in [1.82, 2.24) is 15.2 Å².